The van der Waals surface area contributed by atoms with E-state index in [1.165, 1.54) is 5.69 Å². The summed E-state index contributed by atoms with van der Waals surface area (Å²) in [6.45, 7) is 4.27. The predicted molar refractivity (Wildman–Crippen MR) is 156 cm³/mol. The molecule has 210 valence electrons. The Balaban J connectivity index is 1.08. The van der Waals surface area contributed by atoms with Crippen molar-refractivity contribution >= 4 is 11.8 Å². The van der Waals surface area contributed by atoms with Crippen molar-refractivity contribution in [2.75, 3.05) is 18.8 Å². The highest BCUT2D eigenvalue weighted by atomic mass is 16.5. The number of pyridine rings is 2. The second-order valence-corrected chi connectivity index (χ2v) is 11.7. The van der Waals surface area contributed by atoms with Crippen molar-refractivity contribution in [3.8, 4) is 17.0 Å². The zero-order valence-electron chi connectivity index (χ0n) is 23.3. The van der Waals surface area contributed by atoms with Crippen molar-refractivity contribution in [1.29, 1.82) is 0 Å². The van der Waals surface area contributed by atoms with E-state index in [2.05, 4.69) is 26.0 Å². The van der Waals surface area contributed by atoms with Gasteiger partial charge in [-0.2, -0.15) is 5.10 Å². The van der Waals surface area contributed by atoms with Gasteiger partial charge in [0.25, 0.3) is 0 Å². The number of ether oxygens (including phenoxy) is 1. The summed E-state index contributed by atoms with van der Waals surface area (Å²) in [7, 11) is 0. The molecule has 41 heavy (non-hydrogen) atoms. The van der Waals surface area contributed by atoms with Crippen LogP contribution in [0, 0.1) is 0 Å². The maximum absolute atomic E-state index is 13.5. The van der Waals surface area contributed by atoms with Gasteiger partial charge in [0.15, 0.2) is 11.6 Å². The summed E-state index contributed by atoms with van der Waals surface area (Å²) in [6.07, 6.45) is 10.1. The number of fused-ring (bicyclic) bond motifs is 2. The standard InChI is InChI=1S/C32H35N7O2/c1-22(23-6-3-2-4-7-23)41-27-18-24(20-35-29(27)33)26-19-28-31(13-17-39(28)37-26)12-16-38(21-31)30(40)36-32(10-5-11-32)25-8-14-34-15-9-25/h2-4,6-9,14-15,18-20,22H,5,10-13,16-17,21H2,1H3,(H2,33,35)(H,36,40). The topological polar surface area (TPSA) is 111 Å². The van der Waals surface area contributed by atoms with Crippen LogP contribution in [0.3, 0.4) is 0 Å². The second-order valence-electron chi connectivity index (χ2n) is 11.7. The Morgan fingerprint density at radius 3 is 2.59 bits per heavy atom. The maximum atomic E-state index is 13.5. The molecule has 5 heterocycles. The van der Waals surface area contributed by atoms with Crippen molar-refractivity contribution in [3.63, 3.8) is 0 Å². The number of carbonyl (C=O) groups is 1. The van der Waals surface area contributed by atoms with Gasteiger partial charge < -0.3 is 20.7 Å². The molecule has 0 radical (unpaired) electrons. The van der Waals surface area contributed by atoms with E-state index in [1.54, 1.807) is 18.6 Å². The molecule has 1 saturated heterocycles. The second kappa shape index (κ2) is 9.90. The molecular weight excluding hydrogens is 514 g/mol. The summed E-state index contributed by atoms with van der Waals surface area (Å²) in [5, 5.41) is 8.33. The van der Waals surface area contributed by atoms with Gasteiger partial charge in [0, 0.05) is 54.9 Å². The summed E-state index contributed by atoms with van der Waals surface area (Å²) in [6, 6.07) is 18.2. The zero-order chi connectivity index (χ0) is 28.0. The molecule has 2 unspecified atom stereocenters. The Hall–Kier alpha value is -4.40. The number of carbonyl (C=O) groups excluding carboxylic acids is 1. The lowest BCUT2D eigenvalue weighted by Gasteiger charge is -2.43. The van der Waals surface area contributed by atoms with E-state index >= 15 is 0 Å². The van der Waals surface area contributed by atoms with Gasteiger partial charge in [-0.1, -0.05) is 30.3 Å². The molecule has 4 aromatic rings. The van der Waals surface area contributed by atoms with E-state index in [4.69, 9.17) is 15.6 Å². The first-order chi connectivity index (χ1) is 19.9. The molecule has 1 aliphatic carbocycles. The molecule has 3 aromatic heterocycles. The fourth-order valence-electron chi connectivity index (χ4n) is 6.71. The van der Waals surface area contributed by atoms with E-state index in [9.17, 15) is 4.79 Å². The van der Waals surface area contributed by atoms with Crippen LogP contribution in [-0.4, -0.2) is 43.8 Å². The molecule has 2 aliphatic heterocycles. The lowest BCUT2D eigenvalue weighted by Crippen LogP contribution is -2.54. The number of benzene rings is 1. The molecule has 1 spiro atoms. The number of nitrogen functional groups attached to an aromatic ring is 1. The molecule has 9 nitrogen and oxygen atoms in total. The Labute approximate surface area is 239 Å². The lowest BCUT2D eigenvalue weighted by molar-refractivity contribution is 0.154. The van der Waals surface area contributed by atoms with Gasteiger partial charge in [-0.15, -0.1) is 0 Å². The molecule has 2 fully saturated rings. The molecule has 1 aromatic carbocycles. The van der Waals surface area contributed by atoms with Crippen molar-refractivity contribution in [2.45, 2.75) is 62.6 Å². The van der Waals surface area contributed by atoms with Gasteiger partial charge in [-0.25, -0.2) is 9.78 Å². The largest absolute Gasteiger partial charge is 0.482 e. The van der Waals surface area contributed by atoms with Crippen LogP contribution in [0.5, 0.6) is 5.75 Å². The maximum Gasteiger partial charge on any atom is 0.318 e. The van der Waals surface area contributed by atoms with Crippen LogP contribution >= 0.6 is 0 Å². The highest BCUT2D eigenvalue weighted by Crippen LogP contribution is 2.45. The highest BCUT2D eigenvalue weighted by molar-refractivity contribution is 5.76. The van der Waals surface area contributed by atoms with E-state index < -0.39 is 0 Å². The van der Waals surface area contributed by atoms with Gasteiger partial charge in [-0.05, 0) is 74.4 Å². The number of rotatable bonds is 6. The Morgan fingerprint density at radius 1 is 1.05 bits per heavy atom. The number of aryl methyl sites for hydroxylation is 1. The third-order valence-corrected chi connectivity index (χ3v) is 9.30. The van der Waals surface area contributed by atoms with Gasteiger partial charge in [0.1, 0.15) is 6.10 Å². The Kier molecular flexibility index (Phi) is 6.17. The van der Waals surface area contributed by atoms with Crippen molar-refractivity contribution in [1.82, 2.24) is 30.0 Å². The quantitative estimate of drug-likeness (QED) is 0.342. The normalized spacial score (nSPS) is 21.3. The van der Waals surface area contributed by atoms with E-state index in [0.29, 0.717) is 18.1 Å². The SMILES string of the molecule is CC(Oc1cc(-c2cc3n(n2)CCC32CCN(C(=O)NC3(c4ccncc4)CCC3)C2)cnc1N)c1ccccc1. The predicted octanol–water partition coefficient (Wildman–Crippen LogP) is 5.20. The summed E-state index contributed by atoms with van der Waals surface area (Å²) in [5.74, 6) is 0.901. The summed E-state index contributed by atoms with van der Waals surface area (Å²) in [5.41, 5.74) is 10.9. The summed E-state index contributed by atoms with van der Waals surface area (Å²) >= 11 is 0. The first kappa shape index (κ1) is 25.6. The van der Waals surface area contributed by atoms with E-state index in [-0.39, 0.29) is 23.1 Å². The molecule has 9 heteroatoms. The molecule has 3 aliphatic rings. The fraction of sp³-hybridized carbons (Fsp3) is 0.375. The number of likely N-dealkylation sites (tertiary alicyclic amines) is 1. The minimum absolute atomic E-state index is 0.0219. The number of hydrogen-bond donors (Lipinski definition) is 2. The number of nitrogens with two attached hydrogens (primary N) is 1. The smallest absolute Gasteiger partial charge is 0.318 e. The first-order valence-corrected chi connectivity index (χ1v) is 14.5. The third kappa shape index (κ3) is 4.49. The van der Waals surface area contributed by atoms with Crippen molar-refractivity contribution in [3.05, 3.63) is 90.0 Å². The van der Waals surface area contributed by atoms with Crippen LogP contribution in [0.2, 0.25) is 0 Å². The summed E-state index contributed by atoms with van der Waals surface area (Å²) < 4.78 is 8.32. The number of anilines is 1. The third-order valence-electron chi connectivity index (χ3n) is 9.30. The van der Waals surface area contributed by atoms with Crippen molar-refractivity contribution in [2.24, 2.45) is 0 Å². The van der Waals surface area contributed by atoms with Crippen LogP contribution in [0.15, 0.2) is 73.2 Å². The van der Waals surface area contributed by atoms with Crippen molar-refractivity contribution < 1.29 is 9.53 Å². The molecule has 2 amide bonds. The van der Waals surface area contributed by atoms with Gasteiger partial charge in [0.2, 0.25) is 0 Å². The number of nitrogens with zero attached hydrogens (tertiary/aromatic N) is 5. The first-order valence-electron chi connectivity index (χ1n) is 14.5. The number of aromatic nitrogens is 4. The van der Waals surface area contributed by atoms with E-state index in [1.807, 2.05) is 60.4 Å². The van der Waals surface area contributed by atoms with Crippen LogP contribution < -0.4 is 15.8 Å². The van der Waals surface area contributed by atoms with Crippen LogP contribution in [0.25, 0.3) is 11.3 Å². The monoisotopic (exact) mass is 549 g/mol. The Morgan fingerprint density at radius 2 is 1.83 bits per heavy atom. The number of urea groups is 1. The van der Waals surface area contributed by atoms with Gasteiger partial charge in [0.05, 0.1) is 11.2 Å². The molecular formula is C32H35N7O2. The fourth-order valence-corrected chi connectivity index (χ4v) is 6.71. The summed E-state index contributed by atoms with van der Waals surface area (Å²) in [4.78, 5) is 24.1. The van der Waals surface area contributed by atoms with Crippen LogP contribution in [0.4, 0.5) is 10.6 Å². The van der Waals surface area contributed by atoms with Gasteiger partial charge >= 0.3 is 6.03 Å². The highest BCUT2D eigenvalue weighted by Gasteiger charge is 2.48. The lowest BCUT2D eigenvalue weighted by atomic mass is 9.72. The van der Waals surface area contributed by atoms with Crippen LogP contribution in [-0.2, 0) is 17.5 Å². The average Bonchev–Trinajstić information content (AvgIpc) is 3.69. The average molecular weight is 550 g/mol. The number of nitrogens with one attached hydrogen (secondary N) is 1. The Bertz CT molecular complexity index is 1570. The minimum Gasteiger partial charge on any atom is -0.482 e. The van der Waals surface area contributed by atoms with Crippen LogP contribution in [0.1, 0.15) is 62.0 Å². The molecule has 0 bridgehead atoms. The number of hydrogen-bond acceptors (Lipinski definition) is 6. The molecule has 7 rings (SSSR count). The minimum atomic E-state index is -0.277. The van der Waals surface area contributed by atoms with E-state index in [0.717, 1.165) is 67.6 Å². The molecule has 2 atom stereocenters. The van der Waals surface area contributed by atoms with Gasteiger partial charge in [-0.3, -0.25) is 9.67 Å². The molecule has 1 saturated carbocycles. The molecule has 3 N–H and O–H groups in total. The number of amides is 2. The zero-order valence-corrected chi connectivity index (χ0v) is 23.3.